The third-order valence-corrected chi connectivity index (χ3v) is 3.58. The number of amides is 1. The third-order valence-electron chi connectivity index (χ3n) is 3.33. The predicted molar refractivity (Wildman–Crippen MR) is 95.4 cm³/mol. The Balaban J connectivity index is 1.87. The highest BCUT2D eigenvalue weighted by molar-refractivity contribution is 6.30. The molecule has 2 aromatic carbocycles. The fraction of sp³-hybridized carbons (Fsp3) is 0.278. The number of hydrogen-bond donors (Lipinski definition) is 2. The van der Waals surface area contributed by atoms with Crippen molar-refractivity contribution in [3.05, 3.63) is 53.6 Å². The molecule has 0 bridgehead atoms. The van der Waals surface area contributed by atoms with Gasteiger partial charge in [0.15, 0.2) is 0 Å². The number of rotatable bonds is 7. The maximum atomic E-state index is 12.0. The molecule has 0 aromatic heterocycles. The van der Waals surface area contributed by atoms with E-state index < -0.39 is 0 Å². The second kappa shape index (κ2) is 8.44. The number of halogens is 1. The Kier molecular flexibility index (Phi) is 6.29. The lowest BCUT2D eigenvalue weighted by atomic mass is 10.2. The molecule has 0 aliphatic carbocycles. The third kappa shape index (κ3) is 5.83. The van der Waals surface area contributed by atoms with Crippen LogP contribution in [-0.4, -0.2) is 18.6 Å². The summed E-state index contributed by atoms with van der Waals surface area (Å²) in [6.07, 6.45) is 1.08. The quantitative estimate of drug-likeness (QED) is 0.781. The molecule has 0 saturated carbocycles. The standard InChI is InChI=1S/C18H21ClN2O2/c1-3-13(2)23-17-6-4-5-16(11-17)21-18(22)12-20-15-9-7-14(19)8-10-15/h4-11,13,20H,3,12H2,1-2H3,(H,21,22). The predicted octanol–water partition coefficient (Wildman–Crippen LogP) is 4.57. The highest BCUT2D eigenvalue weighted by Gasteiger charge is 2.05. The van der Waals surface area contributed by atoms with E-state index in [1.54, 1.807) is 12.1 Å². The Bertz CT molecular complexity index is 644. The lowest BCUT2D eigenvalue weighted by Crippen LogP contribution is -2.21. The van der Waals surface area contributed by atoms with Crippen LogP contribution in [0.2, 0.25) is 5.02 Å². The lowest BCUT2D eigenvalue weighted by molar-refractivity contribution is -0.114. The van der Waals surface area contributed by atoms with E-state index in [9.17, 15) is 4.79 Å². The Labute approximate surface area is 141 Å². The molecular formula is C18H21ClN2O2. The second-order valence-corrected chi connectivity index (χ2v) is 5.71. The van der Waals surface area contributed by atoms with Crippen molar-refractivity contribution in [3.8, 4) is 5.75 Å². The zero-order valence-electron chi connectivity index (χ0n) is 13.3. The van der Waals surface area contributed by atoms with Gasteiger partial charge in [0.1, 0.15) is 5.75 Å². The molecule has 122 valence electrons. The minimum absolute atomic E-state index is 0.124. The van der Waals surface area contributed by atoms with Crippen LogP contribution in [-0.2, 0) is 4.79 Å². The van der Waals surface area contributed by atoms with E-state index in [0.717, 1.165) is 17.9 Å². The summed E-state index contributed by atoms with van der Waals surface area (Å²) in [6.45, 7) is 4.26. The van der Waals surface area contributed by atoms with Crippen molar-refractivity contribution < 1.29 is 9.53 Å². The molecule has 1 amide bonds. The lowest BCUT2D eigenvalue weighted by Gasteiger charge is -2.14. The zero-order valence-corrected chi connectivity index (χ0v) is 14.1. The van der Waals surface area contributed by atoms with Gasteiger partial charge in [-0.15, -0.1) is 0 Å². The average molecular weight is 333 g/mol. The molecule has 0 heterocycles. The van der Waals surface area contributed by atoms with Gasteiger partial charge in [-0.05, 0) is 49.7 Å². The number of carbonyl (C=O) groups is 1. The topological polar surface area (TPSA) is 50.4 Å². The summed E-state index contributed by atoms with van der Waals surface area (Å²) in [7, 11) is 0. The summed E-state index contributed by atoms with van der Waals surface area (Å²) in [4.78, 5) is 12.0. The number of ether oxygens (including phenoxy) is 1. The molecule has 0 aliphatic rings. The van der Waals surface area contributed by atoms with Crippen LogP contribution in [0.4, 0.5) is 11.4 Å². The number of carbonyl (C=O) groups excluding carboxylic acids is 1. The molecule has 0 radical (unpaired) electrons. The fourth-order valence-corrected chi connectivity index (χ4v) is 2.04. The second-order valence-electron chi connectivity index (χ2n) is 5.27. The van der Waals surface area contributed by atoms with Gasteiger partial charge in [0.2, 0.25) is 5.91 Å². The Morgan fingerprint density at radius 1 is 1.17 bits per heavy atom. The van der Waals surface area contributed by atoms with Crippen molar-refractivity contribution in [2.75, 3.05) is 17.2 Å². The van der Waals surface area contributed by atoms with Crippen LogP contribution in [0.1, 0.15) is 20.3 Å². The first-order valence-corrected chi connectivity index (χ1v) is 8.00. The van der Waals surface area contributed by atoms with Crippen LogP contribution in [0.25, 0.3) is 0 Å². The molecule has 0 fully saturated rings. The van der Waals surface area contributed by atoms with Gasteiger partial charge in [0.05, 0.1) is 12.6 Å². The largest absolute Gasteiger partial charge is 0.491 e. The summed E-state index contributed by atoms with van der Waals surface area (Å²) in [5.74, 6) is 0.628. The van der Waals surface area contributed by atoms with Crippen LogP contribution < -0.4 is 15.4 Å². The van der Waals surface area contributed by atoms with Gasteiger partial charge in [-0.2, -0.15) is 0 Å². The van der Waals surface area contributed by atoms with E-state index >= 15 is 0 Å². The van der Waals surface area contributed by atoms with Crippen LogP contribution in [0.15, 0.2) is 48.5 Å². The summed E-state index contributed by atoms with van der Waals surface area (Å²) in [5, 5.41) is 6.56. The van der Waals surface area contributed by atoms with Crippen molar-refractivity contribution in [2.24, 2.45) is 0 Å². The Morgan fingerprint density at radius 2 is 1.91 bits per heavy atom. The Morgan fingerprint density at radius 3 is 2.61 bits per heavy atom. The molecule has 4 nitrogen and oxygen atoms in total. The van der Waals surface area contributed by atoms with E-state index in [2.05, 4.69) is 17.6 Å². The average Bonchev–Trinajstić information content (AvgIpc) is 2.54. The van der Waals surface area contributed by atoms with E-state index in [0.29, 0.717) is 10.7 Å². The van der Waals surface area contributed by atoms with Crippen LogP contribution in [0, 0.1) is 0 Å². The summed E-state index contributed by atoms with van der Waals surface area (Å²) < 4.78 is 5.75. The number of nitrogens with one attached hydrogen (secondary N) is 2. The summed E-state index contributed by atoms with van der Waals surface area (Å²) in [5.41, 5.74) is 1.56. The Hall–Kier alpha value is -2.20. The highest BCUT2D eigenvalue weighted by Crippen LogP contribution is 2.19. The maximum absolute atomic E-state index is 12.0. The van der Waals surface area contributed by atoms with Crippen molar-refractivity contribution in [1.82, 2.24) is 0 Å². The van der Waals surface area contributed by atoms with Crippen LogP contribution >= 0.6 is 11.6 Å². The number of benzene rings is 2. The first-order chi connectivity index (χ1) is 11.1. The van der Waals surface area contributed by atoms with E-state index in [4.69, 9.17) is 16.3 Å². The van der Waals surface area contributed by atoms with Gasteiger partial charge in [-0.25, -0.2) is 0 Å². The first kappa shape index (κ1) is 17.2. The minimum atomic E-state index is -0.124. The zero-order chi connectivity index (χ0) is 16.7. The number of hydrogen-bond acceptors (Lipinski definition) is 3. The first-order valence-electron chi connectivity index (χ1n) is 7.63. The molecule has 1 unspecified atom stereocenters. The minimum Gasteiger partial charge on any atom is -0.491 e. The normalized spacial score (nSPS) is 11.6. The van der Waals surface area contributed by atoms with E-state index in [-0.39, 0.29) is 18.6 Å². The van der Waals surface area contributed by atoms with Crippen molar-refractivity contribution in [1.29, 1.82) is 0 Å². The van der Waals surface area contributed by atoms with Gasteiger partial charge < -0.3 is 15.4 Å². The van der Waals surface area contributed by atoms with Crippen molar-refractivity contribution in [3.63, 3.8) is 0 Å². The molecule has 0 spiro atoms. The van der Waals surface area contributed by atoms with Gasteiger partial charge in [0, 0.05) is 22.5 Å². The maximum Gasteiger partial charge on any atom is 0.243 e. The molecule has 0 aliphatic heterocycles. The monoisotopic (exact) mass is 332 g/mol. The molecule has 1 atom stereocenters. The van der Waals surface area contributed by atoms with Crippen molar-refractivity contribution >= 4 is 28.9 Å². The van der Waals surface area contributed by atoms with Crippen LogP contribution in [0.3, 0.4) is 0 Å². The fourth-order valence-electron chi connectivity index (χ4n) is 1.92. The van der Waals surface area contributed by atoms with Gasteiger partial charge >= 0.3 is 0 Å². The number of anilines is 2. The molecule has 2 rings (SSSR count). The molecule has 2 aromatic rings. The molecular weight excluding hydrogens is 312 g/mol. The van der Waals surface area contributed by atoms with Crippen molar-refractivity contribution in [2.45, 2.75) is 26.4 Å². The van der Waals surface area contributed by atoms with E-state index in [1.807, 2.05) is 43.3 Å². The highest BCUT2D eigenvalue weighted by atomic mass is 35.5. The van der Waals surface area contributed by atoms with Gasteiger partial charge in [-0.3, -0.25) is 4.79 Å². The molecule has 0 saturated heterocycles. The molecule has 2 N–H and O–H groups in total. The van der Waals surface area contributed by atoms with Crippen LogP contribution in [0.5, 0.6) is 5.75 Å². The molecule has 5 heteroatoms. The van der Waals surface area contributed by atoms with Gasteiger partial charge in [0.25, 0.3) is 0 Å². The summed E-state index contributed by atoms with van der Waals surface area (Å²) in [6, 6.07) is 14.6. The smallest absolute Gasteiger partial charge is 0.243 e. The summed E-state index contributed by atoms with van der Waals surface area (Å²) >= 11 is 5.82. The van der Waals surface area contributed by atoms with E-state index in [1.165, 1.54) is 0 Å². The molecule has 23 heavy (non-hydrogen) atoms. The SMILES string of the molecule is CCC(C)Oc1cccc(NC(=O)CNc2ccc(Cl)cc2)c1. The van der Waals surface area contributed by atoms with Gasteiger partial charge in [-0.1, -0.05) is 24.6 Å².